The smallest absolute Gasteiger partial charge is 0.339 e. The maximum absolute atomic E-state index is 11.7. The molecule has 2 heterocycles. The highest BCUT2D eigenvalue weighted by atomic mass is 16.6. The highest BCUT2D eigenvalue weighted by Gasteiger charge is 2.23. The van der Waals surface area contributed by atoms with Crippen molar-refractivity contribution in [3.8, 4) is 0 Å². The molecule has 0 saturated carbocycles. The summed E-state index contributed by atoms with van der Waals surface area (Å²) in [6.45, 7) is 4.79. The summed E-state index contributed by atoms with van der Waals surface area (Å²) in [5.41, 5.74) is 1.19. The number of piperazine rings is 1. The highest BCUT2D eigenvalue weighted by Crippen LogP contribution is 2.28. The van der Waals surface area contributed by atoms with E-state index in [0.717, 1.165) is 5.82 Å². The molecule has 0 aliphatic carbocycles. The molecule has 8 nitrogen and oxygen atoms in total. The van der Waals surface area contributed by atoms with Gasteiger partial charge in [0.25, 0.3) is 5.69 Å². The molecule has 0 N–H and O–H groups in total. The van der Waals surface area contributed by atoms with Gasteiger partial charge in [0.15, 0.2) is 0 Å². The number of benzene rings is 1. The zero-order valence-corrected chi connectivity index (χ0v) is 14.5. The van der Waals surface area contributed by atoms with Crippen molar-refractivity contribution < 1.29 is 14.5 Å². The Morgan fingerprint density at radius 3 is 2.46 bits per heavy atom. The Labute approximate surface area is 151 Å². The molecule has 1 aliphatic rings. The molecule has 0 bridgehead atoms. The molecule has 1 aromatic carbocycles. The number of aromatic nitrogens is 1. The van der Waals surface area contributed by atoms with Crippen molar-refractivity contribution in [2.24, 2.45) is 0 Å². The topological polar surface area (TPSA) is 88.8 Å². The summed E-state index contributed by atoms with van der Waals surface area (Å²) in [6.07, 6.45) is 1.52. The van der Waals surface area contributed by atoms with Crippen LogP contribution in [-0.4, -0.2) is 48.7 Å². The molecule has 1 aromatic heterocycles. The standard InChI is InChI=1S/C18H20N4O4/c1-2-26-18(23)14-7-8-17(19-13-14)21-11-9-20(10-12-21)15-5-3-4-6-16(15)22(24)25/h3-8,13H,2,9-12H2,1H3. The number of esters is 1. The molecule has 0 amide bonds. The van der Waals surface area contributed by atoms with Gasteiger partial charge in [-0.2, -0.15) is 0 Å². The molecule has 1 saturated heterocycles. The third-order valence-electron chi connectivity index (χ3n) is 4.28. The minimum atomic E-state index is -0.382. The van der Waals surface area contributed by atoms with Crippen LogP contribution in [0.2, 0.25) is 0 Å². The van der Waals surface area contributed by atoms with Gasteiger partial charge >= 0.3 is 5.97 Å². The first-order valence-corrected chi connectivity index (χ1v) is 8.46. The van der Waals surface area contributed by atoms with Crippen LogP contribution in [0.1, 0.15) is 17.3 Å². The van der Waals surface area contributed by atoms with Crippen LogP contribution in [0.5, 0.6) is 0 Å². The molecule has 0 radical (unpaired) electrons. The summed E-state index contributed by atoms with van der Waals surface area (Å²) in [7, 11) is 0. The molecule has 26 heavy (non-hydrogen) atoms. The molecule has 1 aliphatic heterocycles. The molecule has 1 fully saturated rings. The van der Waals surface area contributed by atoms with Crippen LogP contribution < -0.4 is 9.80 Å². The number of anilines is 2. The second-order valence-electron chi connectivity index (χ2n) is 5.85. The average molecular weight is 356 g/mol. The number of nitrogens with zero attached hydrogens (tertiary/aromatic N) is 4. The van der Waals surface area contributed by atoms with Gasteiger partial charge in [0.1, 0.15) is 11.5 Å². The predicted molar refractivity (Wildman–Crippen MR) is 97.7 cm³/mol. The van der Waals surface area contributed by atoms with E-state index < -0.39 is 0 Å². The zero-order valence-electron chi connectivity index (χ0n) is 14.5. The number of para-hydroxylation sites is 2. The van der Waals surface area contributed by atoms with Crippen molar-refractivity contribution in [3.63, 3.8) is 0 Å². The number of nitro benzene ring substituents is 1. The fraction of sp³-hybridized carbons (Fsp3) is 0.333. The Kier molecular flexibility index (Phi) is 5.31. The number of nitro groups is 1. The number of hydrogen-bond acceptors (Lipinski definition) is 7. The predicted octanol–water partition coefficient (Wildman–Crippen LogP) is 2.49. The molecule has 8 heteroatoms. The summed E-state index contributed by atoms with van der Waals surface area (Å²) in [4.78, 5) is 31.0. The van der Waals surface area contributed by atoms with Crippen LogP contribution in [0, 0.1) is 10.1 Å². The maximum atomic E-state index is 11.7. The van der Waals surface area contributed by atoms with E-state index in [1.165, 1.54) is 12.3 Å². The van der Waals surface area contributed by atoms with Gasteiger partial charge in [-0.3, -0.25) is 10.1 Å². The molecule has 0 atom stereocenters. The Bertz CT molecular complexity index is 786. The molecule has 0 unspecified atom stereocenters. The normalized spacial score (nSPS) is 14.2. The summed E-state index contributed by atoms with van der Waals surface area (Å²) >= 11 is 0. The second-order valence-corrected chi connectivity index (χ2v) is 5.85. The number of carbonyl (C=O) groups is 1. The zero-order chi connectivity index (χ0) is 18.5. The number of rotatable bonds is 5. The third kappa shape index (κ3) is 3.74. The van der Waals surface area contributed by atoms with Crippen LogP contribution in [0.25, 0.3) is 0 Å². The third-order valence-corrected chi connectivity index (χ3v) is 4.28. The number of carbonyl (C=O) groups excluding carboxylic acids is 1. The minimum Gasteiger partial charge on any atom is -0.462 e. The van der Waals surface area contributed by atoms with Gasteiger partial charge < -0.3 is 14.5 Å². The van der Waals surface area contributed by atoms with Crippen molar-refractivity contribution in [2.45, 2.75) is 6.92 Å². The van der Waals surface area contributed by atoms with E-state index in [4.69, 9.17) is 4.74 Å². The van der Waals surface area contributed by atoms with Crippen molar-refractivity contribution >= 4 is 23.2 Å². The van der Waals surface area contributed by atoms with Crippen LogP contribution in [0.15, 0.2) is 42.6 Å². The monoisotopic (exact) mass is 356 g/mol. The van der Waals surface area contributed by atoms with Gasteiger partial charge in [-0.05, 0) is 25.1 Å². The summed E-state index contributed by atoms with van der Waals surface area (Å²) in [5, 5.41) is 11.2. The van der Waals surface area contributed by atoms with E-state index in [0.29, 0.717) is 44.0 Å². The Morgan fingerprint density at radius 1 is 1.15 bits per heavy atom. The van der Waals surface area contributed by atoms with Gasteiger partial charge in [-0.1, -0.05) is 12.1 Å². The first kappa shape index (κ1) is 17.7. The van der Waals surface area contributed by atoms with Crippen molar-refractivity contribution in [3.05, 3.63) is 58.3 Å². The van der Waals surface area contributed by atoms with E-state index in [9.17, 15) is 14.9 Å². The quantitative estimate of drug-likeness (QED) is 0.462. The van der Waals surface area contributed by atoms with Crippen LogP contribution in [0.3, 0.4) is 0 Å². The highest BCUT2D eigenvalue weighted by molar-refractivity contribution is 5.89. The van der Waals surface area contributed by atoms with Gasteiger partial charge in [-0.15, -0.1) is 0 Å². The summed E-state index contributed by atoms with van der Waals surface area (Å²) in [5.74, 6) is 0.396. The van der Waals surface area contributed by atoms with E-state index >= 15 is 0 Å². The first-order valence-electron chi connectivity index (χ1n) is 8.46. The summed E-state index contributed by atoms with van der Waals surface area (Å²) in [6, 6.07) is 10.3. The van der Waals surface area contributed by atoms with E-state index in [1.807, 2.05) is 11.0 Å². The van der Waals surface area contributed by atoms with E-state index in [2.05, 4.69) is 9.88 Å². The lowest BCUT2D eigenvalue weighted by Gasteiger charge is -2.36. The van der Waals surface area contributed by atoms with E-state index in [-0.39, 0.29) is 16.6 Å². The largest absolute Gasteiger partial charge is 0.462 e. The molecule has 0 spiro atoms. The van der Waals surface area contributed by atoms with Gasteiger partial charge in [0, 0.05) is 38.4 Å². The van der Waals surface area contributed by atoms with Crippen molar-refractivity contribution in [2.75, 3.05) is 42.6 Å². The second kappa shape index (κ2) is 7.81. The SMILES string of the molecule is CCOC(=O)c1ccc(N2CCN(c3ccccc3[N+](=O)[O-])CC2)nc1. The Balaban J connectivity index is 1.66. The first-order chi connectivity index (χ1) is 12.6. The van der Waals surface area contributed by atoms with Crippen LogP contribution in [-0.2, 0) is 4.74 Å². The summed E-state index contributed by atoms with van der Waals surface area (Å²) < 4.78 is 4.95. The fourth-order valence-electron chi connectivity index (χ4n) is 2.97. The fourth-order valence-corrected chi connectivity index (χ4v) is 2.97. The van der Waals surface area contributed by atoms with Crippen LogP contribution >= 0.6 is 0 Å². The number of ether oxygens (including phenoxy) is 1. The number of hydrogen-bond donors (Lipinski definition) is 0. The number of pyridine rings is 1. The maximum Gasteiger partial charge on any atom is 0.339 e. The molecular formula is C18H20N4O4. The van der Waals surface area contributed by atoms with Gasteiger partial charge in [0.2, 0.25) is 0 Å². The van der Waals surface area contributed by atoms with E-state index in [1.54, 1.807) is 31.2 Å². The minimum absolute atomic E-state index is 0.123. The lowest BCUT2D eigenvalue weighted by Crippen LogP contribution is -2.47. The van der Waals surface area contributed by atoms with Gasteiger partial charge in [0.05, 0.1) is 17.1 Å². The van der Waals surface area contributed by atoms with Crippen LogP contribution in [0.4, 0.5) is 17.2 Å². The lowest BCUT2D eigenvalue weighted by atomic mass is 10.2. The average Bonchev–Trinajstić information content (AvgIpc) is 2.68. The Morgan fingerprint density at radius 2 is 1.85 bits per heavy atom. The molecule has 136 valence electrons. The lowest BCUT2D eigenvalue weighted by molar-refractivity contribution is -0.384. The molecular weight excluding hydrogens is 336 g/mol. The molecule has 2 aromatic rings. The molecule has 3 rings (SSSR count). The van der Waals surface area contributed by atoms with Crippen molar-refractivity contribution in [1.29, 1.82) is 0 Å². The van der Waals surface area contributed by atoms with Gasteiger partial charge in [-0.25, -0.2) is 9.78 Å². The Hall–Kier alpha value is -3.16. The van der Waals surface area contributed by atoms with Crippen molar-refractivity contribution in [1.82, 2.24) is 4.98 Å².